The van der Waals surface area contributed by atoms with Crippen LogP contribution in [0.25, 0.3) is 0 Å². The van der Waals surface area contributed by atoms with Crippen LogP contribution in [0, 0.1) is 5.82 Å². The first-order valence-corrected chi connectivity index (χ1v) is 4.58. The molecule has 0 radical (unpaired) electrons. The monoisotopic (exact) mass is 232 g/mol. The fourth-order valence-corrected chi connectivity index (χ4v) is 1.14. The summed E-state index contributed by atoms with van der Waals surface area (Å²) in [4.78, 5) is 10.7. The molecule has 1 amide bonds. The number of rotatable bonds is 4. The van der Waals surface area contributed by atoms with Crippen molar-refractivity contribution in [2.24, 2.45) is 5.84 Å². The summed E-state index contributed by atoms with van der Waals surface area (Å²) in [6.45, 7) is 0.133. The number of hydrazine groups is 1. The van der Waals surface area contributed by atoms with E-state index in [0.717, 1.165) is 6.07 Å². The van der Waals surface area contributed by atoms with Gasteiger partial charge in [-0.1, -0.05) is 11.6 Å². The highest BCUT2D eigenvalue weighted by Gasteiger charge is 2.04. The number of hydrogen-bond acceptors (Lipinski definition) is 3. The zero-order chi connectivity index (χ0) is 11.3. The molecule has 0 saturated carbocycles. The van der Waals surface area contributed by atoms with Crippen LogP contribution in [-0.2, 0) is 4.79 Å². The number of carbonyl (C=O) groups is 1. The van der Waals surface area contributed by atoms with Crippen molar-refractivity contribution in [3.8, 4) is 5.75 Å². The minimum atomic E-state index is -0.438. The Balaban J connectivity index is 2.47. The van der Waals surface area contributed by atoms with E-state index in [4.69, 9.17) is 22.2 Å². The molecule has 0 aliphatic heterocycles. The Bertz CT molecular complexity index is 360. The molecule has 0 unspecified atom stereocenters. The van der Waals surface area contributed by atoms with Crippen molar-refractivity contribution in [1.29, 1.82) is 0 Å². The number of nitrogens with two attached hydrogens (primary N) is 1. The van der Waals surface area contributed by atoms with Gasteiger partial charge in [0.1, 0.15) is 11.6 Å². The predicted octanol–water partition coefficient (Wildman–Crippen LogP) is 1.24. The van der Waals surface area contributed by atoms with Gasteiger partial charge in [-0.05, 0) is 18.2 Å². The number of benzene rings is 1. The maximum Gasteiger partial charge on any atom is 0.237 e. The molecule has 15 heavy (non-hydrogen) atoms. The third kappa shape index (κ3) is 3.73. The first kappa shape index (κ1) is 11.7. The number of carbonyl (C=O) groups excluding carboxylic acids is 1. The summed E-state index contributed by atoms with van der Waals surface area (Å²) < 4.78 is 17.8. The number of halogens is 2. The zero-order valence-electron chi connectivity index (χ0n) is 7.80. The number of amides is 1. The summed E-state index contributed by atoms with van der Waals surface area (Å²) in [6, 6.07) is 3.77. The summed E-state index contributed by atoms with van der Waals surface area (Å²) in [6.07, 6.45) is 0.115. The Labute approximate surface area is 91.1 Å². The lowest BCUT2D eigenvalue weighted by Gasteiger charge is -2.06. The van der Waals surface area contributed by atoms with Crippen molar-refractivity contribution in [3.05, 3.63) is 29.0 Å². The topological polar surface area (TPSA) is 64.3 Å². The minimum Gasteiger partial charge on any atom is -0.491 e. The molecule has 6 heteroatoms. The minimum absolute atomic E-state index is 0.115. The second-order valence-corrected chi connectivity index (χ2v) is 3.15. The van der Waals surface area contributed by atoms with Gasteiger partial charge in [0.2, 0.25) is 5.91 Å². The van der Waals surface area contributed by atoms with Crippen molar-refractivity contribution >= 4 is 17.5 Å². The fourth-order valence-electron chi connectivity index (χ4n) is 0.918. The van der Waals surface area contributed by atoms with Gasteiger partial charge in [-0.25, -0.2) is 10.2 Å². The fraction of sp³-hybridized carbons (Fsp3) is 0.222. The molecule has 0 aromatic heterocycles. The zero-order valence-corrected chi connectivity index (χ0v) is 8.55. The standard InChI is InChI=1S/C9H10ClFN2O2/c10-7-5-6(11)1-2-8(7)15-4-3-9(14)13-12/h1-2,5H,3-4,12H2,(H,13,14). The predicted molar refractivity (Wildman–Crippen MR) is 53.9 cm³/mol. The van der Waals surface area contributed by atoms with E-state index in [0.29, 0.717) is 5.75 Å². The maximum atomic E-state index is 12.6. The molecule has 0 atom stereocenters. The van der Waals surface area contributed by atoms with Crippen molar-refractivity contribution < 1.29 is 13.9 Å². The lowest BCUT2D eigenvalue weighted by Crippen LogP contribution is -2.31. The van der Waals surface area contributed by atoms with Crippen LogP contribution in [0.5, 0.6) is 5.75 Å². The van der Waals surface area contributed by atoms with Gasteiger partial charge in [-0.15, -0.1) is 0 Å². The highest BCUT2D eigenvalue weighted by molar-refractivity contribution is 6.32. The molecule has 3 N–H and O–H groups in total. The molecule has 4 nitrogen and oxygen atoms in total. The molecule has 0 aliphatic rings. The number of nitrogens with one attached hydrogen (secondary N) is 1. The van der Waals surface area contributed by atoms with E-state index in [-0.39, 0.29) is 24.0 Å². The summed E-state index contributed by atoms with van der Waals surface area (Å²) in [5.41, 5.74) is 1.96. The molecule has 1 aromatic carbocycles. The second kappa shape index (κ2) is 5.53. The van der Waals surface area contributed by atoms with Crippen LogP contribution in [0.4, 0.5) is 4.39 Å². The lowest BCUT2D eigenvalue weighted by atomic mass is 10.3. The number of ether oxygens (including phenoxy) is 1. The van der Waals surface area contributed by atoms with Gasteiger partial charge in [0.25, 0.3) is 0 Å². The van der Waals surface area contributed by atoms with E-state index in [1.54, 1.807) is 0 Å². The highest BCUT2D eigenvalue weighted by atomic mass is 35.5. The summed E-state index contributed by atoms with van der Waals surface area (Å²) >= 11 is 5.69. The van der Waals surface area contributed by atoms with Crippen LogP contribution in [0.2, 0.25) is 5.02 Å². The average molecular weight is 233 g/mol. The van der Waals surface area contributed by atoms with E-state index in [1.807, 2.05) is 5.43 Å². The van der Waals surface area contributed by atoms with Crippen molar-refractivity contribution in [1.82, 2.24) is 5.43 Å². The van der Waals surface area contributed by atoms with E-state index in [9.17, 15) is 9.18 Å². The third-order valence-corrected chi connectivity index (χ3v) is 1.94. The Kier molecular flexibility index (Phi) is 4.33. The van der Waals surface area contributed by atoms with E-state index < -0.39 is 5.82 Å². The molecule has 0 aliphatic carbocycles. The van der Waals surface area contributed by atoms with Gasteiger partial charge in [0.15, 0.2) is 0 Å². The Morgan fingerprint density at radius 1 is 1.60 bits per heavy atom. The maximum absolute atomic E-state index is 12.6. The first-order valence-electron chi connectivity index (χ1n) is 4.21. The number of hydrogen-bond donors (Lipinski definition) is 2. The lowest BCUT2D eigenvalue weighted by molar-refractivity contribution is -0.121. The van der Waals surface area contributed by atoms with Gasteiger partial charge in [-0.2, -0.15) is 0 Å². The Morgan fingerprint density at radius 3 is 2.93 bits per heavy atom. The van der Waals surface area contributed by atoms with E-state index in [2.05, 4.69) is 0 Å². The average Bonchev–Trinajstić information content (AvgIpc) is 2.21. The summed E-state index contributed by atoms with van der Waals surface area (Å²) in [7, 11) is 0. The van der Waals surface area contributed by atoms with Crippen LogP contribution in [0.3, 0.4) is 0 Å². The molecule has 0 bridgehead atoms. The SMILES string of the molecule is NNC(=O)CCOc1ccc(F)cc1Cl. The molecule has 82 valence electrons. The largest absolute Gasteiger partial charge is 0.491 e. The molecular formula is C9H10ClFN2O2. The molecule has 0 fully saturated rings. The van der Waals surface area contributed by atoms with E-state index in [1.165, 1.54) is 12.1 Å². The molecule has 0 spiro atoms. The van der Waals surface area contributed by atoms with Crippen molar-refractivity contribution in [3.63, 3.8) is 0 Å². The van der Waals surface area contributed by atoms with Crippen LogP contribution in [0.15, 0.2) is 18.2 Å². The van der Waals surface area contributed by atoms with Gasteiger partial charge in [0, 0.05) is 0 Å². The Morgan fingerprint density at radius 2 is 2.33 bits per heavy atom. The van der Waals surface area contributed by atoms with Crippen LogP contribution >= 0.6 is 11.6 Å². The molecule has 0 saturated heterocycles. The van der Waals surface area contributed by atoms with Crippen molar-refractivity contribution in [2.45, 2.75) is 6.42 Å². The molecule has 1 aromatic rings. The van der Waals surface area contributed by atoms with Crippen LogP contribution in [-0.4, -0.2) is 12.5 Å². The van der Waals surface area contributed by atoms with Gasteiger partial charge in [0.05, 0.1) is 18.1 Å². The normalized spacial score (nSPS) is 9.80. The van der Waals surface area contributed by atoms with Crippen LogP contribution < -0.4 is 16.0 Å². The summed E-state index contributed by atoms with van der Waals surface area (Å²) in [5.74, 6) is 4.43. The smallest absolute Gasteiger partial charge is 0.237 e. The Hall–Kier alpha value is -1.33. The molecule has 1 rings (SSSR count). The first-order chi connectivity index (χ1) is 7.13. The van der Waals surface area contributed by atoms with E-state index >= 15 is 0 Å². The van der Waals surface area contributed by atoms with Gasteiger partial charge < -0.3 is 4.74 Å². The van der Waals surface area contributed by atoms with Crippen molar-refractivity contribution in [2.75, 3.05) is 6.61 Å². The third-order valence-electron chi connectivity index (χ3n) is 1.64. The molecule has 0 heterocycles. The highest BCUT2D eigenvalue weighted by Crippen LogP contribution is 2.24. The molecular weight excluding hydrogens is 223 g/mol. The quantitative estimate of drug-likeness (QED) is 0.466. The van der Waals surface area contributed by atoms with Gasteiger partial charge in [-0.3, -0.25) is 10.2 Å². The summed E-state index contributed by atoms with van der Waals surface area (Å²) in [5, 5.41) is 0.170. The second-order valence-electron chi connectivity index (χ2n) is 2.74. The van der Waals surface area contributed by atoms with Gasteiger partial charge >= 0.3 is 0 Å². The van der Waals surface area contributed by atoms with Crippen LogP contribution in [0.1, 0.15) is 6.42 Å².